The van der Waals surface area contributed by atoms with E-state index in [1.54, 1.807) is 37.3 Å². The fourth-order valence-corrected chi connectivity index (χ4v) is 4.87. The fraction of sp³-hybridized carbons (Fsp3) is 0.185. The van der Waals surface area contributed by atoms with Crippen molar-refractivity contribution in [3.8, 4) is 11.4 Å². The predicted molar refractivity (Wildman–Crippen MR) is 138 cm³/mol. The average molecular weight is 500 g/mol. The maximum Gasteiger partial charge on any atom is 0.433 e. The van der Waals surface area contributed by atoms with Crippen LogP contribution < -0.4 is 11.1 Å². The molecule has 37 heavy (non-hydrogen) atoms. The molecule has 0 unspecified atom stereocenters. The minimum atomic E-state index is -0.971. The van der Waals surface area contributed by atoms with Gasteiger partial charge >= 0.3 is 5.88 Å². The van der Waals surface area contributed by atoms with Crippen LogP contribution in [0.1, 0.15) is 34.2 Å². The summed E-state index contributed by atoms with van der Waals surface area (Å²) in [6.45, 7) is 3.57. The normalized spacial score (nSPS) is 11.4. The van der Waals surface area contributed by atoms with Crippen molar-refractivity contribution < 1.29 is 9.34 Å². The monoisotopic (exact) mass is 499 g/mol. The molecule has 10 nitrogen and oxygen atoms in total. The number of nitro groups is 1. The van der Waals surface area contributed by atoms with E-state index >= 15 is 0 Å². The second kappa shape index (κ2) is 8.98. The summed E-state index contributed by atoms with van der Waals surface area (Å²) in [6, 6.07) is 21.0. The molecule has 0 amide bonds. The van der Waals surface area contributed by atoms with E-state index in [4.69, 9.17) is 4.42 Å². The van der Waals surface area contributed by atoms with Crippen molar-refractivity contribution in [1.82, 2.24) is 18.7 Å². The molecule has 0 radical (unpaired) electrons. The molecule has 10 heteroatoms. The largest absolute Gasteiger partial charge is 0.433 e. The average Bonchev–Trinajstić information content (AvgIpc) is 3.53. The minimum absolute atomic E-state index is 0.142. The van der Waals surface area contributed by atoms with Gasteiger partial charge in [-0.3, -0.25) is 29.1 Å². The summed E-state index contributed by atoms with van der Waals surface area (Å²) >= 11 is 0. The number of nitrogens with zero attached hydrogens (tertiary/aromatic N) is 5. The van der Waals surface area contributed by atoms with Gasteiger partial charge in [0, 0.05) is 25.5 Å². The van der Waals surface area contributed by atoms with Gasteiger partial charge in [0.25, 0.3) is 11.1 Å². The molecular weight excluding hydrogens is 474 g/mol. The SMILES string of the molecule is Cc1c(C(c2ccc([N+](=O)[O-])o2)c2c(C)n(C)n(-c3ccccc3)c2=O)c(=O)n(-c2ccccc2)n1C. The third-order valence-electron chi connectivity index (χ3n) is 6.85. The zero-order valence-electron chi connectivity index (χ0n) is 20.8. The molecule has 5 aromatic rings. The third-order valence-corrected chi connectivity index (χ3v) is 6.85. The van der Waals surface area contributed by atoms with E-state index in [0.29, 0.717) is 33.9 Å². The van der Waals surface area contributed by atoms with E-state index in [1.807, 2.05) is 60.7 Å². The summed E-state index contributed by atoms with van der Waals surface area (Å²) in [4.78, 5) is 38.7. The lowest BCUT2D eigenvalue weighted by Crippen LogP contribution is -2.26. The number of para-hydroxylation sites is 2. The van der Waals surface area contributed by atoms with Crippen molar-refractivity contribution in [2.24, 2.45) is 14.1 Å². The summed E-state index contributed by atoms with van der Waals surface area (Å²) in [6.07, 6.45) is 0. The summed E-state index contributed by atoms with van der Waals surface area (Å²) < 4.78 is 12.1. The summed E-state index contributed by atoms with van der Waals surface area (Å²) in [5, 5.41) is 11.4. The van der Waals surface area contributed by atoms with Crippen molar-refractivity contribution >= 4 is 5.88 Å². The van der Waals surface area contributed by atoms with Gasteiger partial charge in [-0.05, 0) is 44.2 Å². The third kappa shape index (κ3) is 3.74. The highest BCUT2D eigenvalue weighted by Gasteiger charge is 2.35. The maximum absolute atomic E-state index is 14.0. The van der Waals surface area contributed by atoms with Crippen molar-refractivity contribution in [1.29, 1.82) is 0 Å². The van der Waals surface area contributed by atoms with Gasteiger partial charge in [-0.15, -0.1) is 0 Å². The maximum atomic E-state index is 14.0. The van der Waals surface area contributed by atoms with E-state index in [-0.39, 0.29) is 16.9 Å². The Bertz CT molecular complexity index is 1630. The highest BCUT2D eigenvalue weighted by molar-refractivity contribution is 5.46. The molecule has 0 atom stereocenters. The minimum Gasteiger partial charge on any atom is -0.405 e. The zero-order chi connectivity index (χ0) is 26.4. The molecule has 0 fully saturated rings. The van der Waals surface area contributed by atoms with Crippen molar-refractivity contribution in [2.75, 3.05) is 0 Å². The van der Waals surface area contributed by atoms with Crippen LogP contribution in [0.2, 0.25) is 0 Å². The Hall–Kier alpha value is -4.86. The Kier molecular flexibility index (Phi) is 5.79. The second-order valence-electron chi connectivity index (χ2n) is 8.82. The molecule has 0 aliphatic rings. The molecule has 0 saturated carbocycles. The number of benzene rings is 2. The van der Waals surface area contributed by atoms with Gasteiger partial charge in [0.05, 0.1) is 34.5 Å². The highest BCUT2D eigenvalue weighted by Crippen LogP contribution is 2.35. The number of furan rings is 1. The van der Waals surface area contributed by atoms with Crippen LogP contribution in [0, 0.1) is 24.0 Å². The molecule has 0 aliphatic heterocycles. The second-order valence-corrected chi connectivity index (χ2v) is 8.82. The Morgan fingerprint density at radius 1 is 0.730 bits per heavy atom. The fourth-order valence-electron chi connectivity index (χ4n) is 4.87. The number of aromatic nitrogens is 4. The lowest BCUT2D eigenvalue weighted by Gasteiger charge is -2.13. The Labute approximate surface area is 211 Å². The van der Waals surface area contributed by atoms with Gasteiger partial charge in [0.15, 0.2) is 0 Å². The van der Waals surface area contributed by atoms with Crippen LogP contribution in [0.3, 0.4) is 0 Å². The van der Waals surface area contributed by atoms with Gasteiger partial charge in [-0.25, -0.2) is 9.36 Å². The Morgan fingerprint density at radius 2 is 1.16 bits per heavy atom. The van der Waals surface area contributed by atoms with Crippen LogP contribution in [-0.4, -0.2) is 23.7 Å². The standard InChI is InChI=1S/C27H25N5O5/c1-17-23(26(33)30(28(17)3)19-11-7-5-8-12-19)25(21-15-16-22(37-21)32(35)36)24-18(2)29(4)31(27(24)34)20-13-9-6-10-14-20/h5-16,25H,1-4H3. The van der Waals surface area contributed by atoms with Crippen molar-refractivity contribution in [3.05, 3.63) is 132 Å². The van der Waals surface area contributed by atoms with Crippen LogP contribution in [0.15, 0.2) is 86.8 Å². The molecule has 0 bridgehead atoms. The van der Waals surface area contributed by atoms with Crippen LogP contribution in [0.4, 0.5) is 5.88 Å². The smallest absolute Gasteiger partial charge is 0.405 e. The summed E-state index contributed by atoms with van der Waals surface area (Å²) in [5.74, 6) is -1.29. The topological polar surface area (TPSA) is 110 Å². The van der Waals surface area contributed by atoms with Gasteiger partial charge in [-0.1, -0.05) is 36.4 Å². The van der Waals surface area contributed by atoms with Crippen LogP contribution in [-0.2, 0) is 14.1 Å². The van der Waals surface area contributed by atoms with Crippen LogP contribution in [0.5, 0.6) is 0 Å². The summed E-state index contributed by atoms with van der Waals surface area (Å²) in [7, 11) is 3.52. The molecule has 0 spiro atoms. The molecule has 5 rings (SSSR count). The summed E-state index contributed by atoms with van der Waals surface area (Å²) in [5.41, 5.74) is 2.44. The van der Waals surface area contributed by atoms with Crippen LogP contribution >= 0.6 is 0 Å². The first-order valence-corrected chi connectivity index (χ1v) is 11.6. The first-order valence-electron chi connectivity index (χ1n) is 11.6. The Balaban J connectivity index is 1.84. The van der Waals surface area contributed by atoms with E-state index in [1.165, 1.54) is 21.5 Å². The lowest BCUT2D eigenvalue weighted by atomic mass is 9.89. The molecule has 0 aliphatic carbocycles. The van der Waals surface area contributed by atoms with E-state index in [2.05, 4.69) is 0 Å². The number of hydrogen-bond acceptors (Lipinski definition) is 5. The van der Waals surface area contributed by atoms with Gasteiger partial charge in [0.2, 0.25) is 0 Å². The van der Waals surface area contributed by atoms with Gasteiger partial charge in [-0.2, -0.15) is 0 Å². The van der Waals surface area contributed by atoms with Crippen molar-refractivity contribution in [3.63, 3.8) is 0 Å². The van der Waals surface area contributed by atoms with Crippen molar-refractivity contribution in [2.45, 2.75) is 19.8 Å². The molecule has 2 aromatic carbocycles. The number of hydrogen-bond donors (Lipinski definition) is 0. The Morgan fingerprint density at radius 3 is 1.54 bits per heavy atom. The quantitative estimate of drug-likeness (QED) is 0.259. The first-order chi connectivity index (χ1) is 17.7. The number of rotatable bonds is 6. The molecule has 3 aromatic heterocycles. The van der Waals surface area contributed by atoms with E-state index in [0.717, 1.165) is 0 Å². The highest BCUT2D eigenvalue weighted by atomic mass is 16.6. The lowest BCUT2D eigenvalue weighted by molar-refractivity contribution is -0.402. The van der Waals surface area contributed by atoms with Gasteiger partial charge < -0.3 is 4.42 Å². The zero-order valence-corrected chi connectivity index (χ0v) is 20.8. The van der Waals surface area contributed by atoms with E-state index < -0.39 is 16.7 Å². The molecular formula is C27H25N5O5. The first kappa shape index (κ1) is 23.9. The molecule has 188 valence electrons. The van der Waals surface area contributed by atoms with Crippen LogP contribution in [0.25, 0.3) is 11.4 Å². The predicted octanol–water partition coefficient (Wildman–Crippen LogP) is 3.96. The van der Waals surface area contributed by atoms with Gasteiger partial charge in [0.1, 0.15) is 10.7 Å². The molecule has 0 saturated heterocycles. The van der Waals surface area contributed by atoms with E-state index in [9.17, 15) is 19.7 Å². The molecule has 0 N–H and O–H groups in total. The molecule has 3 heterocycles.